The average molecular weight is 365 g/mol. The van der Waals surface area contributed by atoms with E-state index in [-0.39, 0.29) is 5.02 Å². The Morgan fingerprint density at radius 2 is 1.55 bits per heavy atom. The van der Waals surface area contributed by atoms with E-state index in [0.29, 0.717) is 15.7 Å². The third-order valence-corrected chi connectivity index (χ3v) is 3.68. The smallest absolute Gasteiger partial charge is 0.126 e. The van der Waals surface area contributed by atoms with Gasteiger partial charge in [-0.05, 0) is 52.7 Å². The van der Waals surface area contributed by atoms with Crippen LogP contribution >= 0.6 is 27.5 Å². The largest absolute Gasteiger partial charge is 0.376 e. The summed E-state index contributed by atoms with van der Waals surface area (Å²) in [5.74, 6) is -1.78. The summed E-state index contributed by atoms with van der Waals surface area (Å²) in [5, 5.41) is 3.18. The number of hydrogen-bond acceptors (Lipinski definition) is 1. The minimum atomic E-state index is -0.655. The first-order valence-electron chi connectivity index (χ1n) is 5.74. The molecule has 0 aromatic heterocycles. The normalized spacial score (nSPS) is 12.3. The van der Waals surface area contributed by atoms with Gasteiger partial charge in [0.1, 0.15) is 17.5 Å². The molecule has 1 N–H and O–H groups in total. The summed E-state index contributed by atoms with van der Waals surface area (Å²) < 4.78 is 39.9. The second kappa shape index (κ2) is 6.06. The summed E-state index contributed by atoms with van der Waals surface area (Å²) in [5.41, 5.74) is 0.889. The molecular weight excluding hydrogens is 355 g/mol. The molecule has 0 aliphatic rings. The van der Waals surface area contributed by atoms with Gasteiger partial charge in [-0.3, -0.25) is 0 Å². The number of rotatable bonds is 3. The predicted molar refractivity (Wildman–Crippen MR) is 77.5 cm³/mol. The topological polar surface area (TPSA) is 12.0 Å². The van der Waals surface area contributed by atoms with Crippen molar-refractivity contribution >= 4 is 33.2 Å². The number of benzene rings is 2. The summed E-state index contributed by atoms with van der Waals surface area (Å²) in [6, 6.07) is 5.27. The third-order valence-electron chi connectivity index (χ3n) is 2.75. The van der Waals surface area contributed by atoms with Crippen molar-refractivity contribution in [2.45, 2.75) is 13.0 Å². The highest BCUT2D eigenvalue weighted by Crippen LogP contribution is 2.34. The quantitative estimate of drug-likeness (QED) is 0.737. The van der Waals surface area contributed by atoms with E-state index in [4.69, 9.17) is 11.6 Å². The Morgan fingerprint density at radius 3 is 2.10 bits per heavy atom. The van der Waals surface area contributed by atoms with E-state index in [1.165, 1.54) is 18.2 Å². The van der Waals surface area contributed by atoms with Crippen molar-refractivity contribution in [2.75, 3.05) is 5.32 Å². The molecule has 0 fully saturated rings. The average Bonchev–Trinajstić information content (AvgIpc) is 2.32. The lowest BCUT2D eigenvalue weighted by Gasteiger charge is -2.18. The van der Waals surface area contributed by atoms with Crippen LogP contribution in [0.2, 0.25) is 5.02 Å². The molecule has 0 spiro atoms. The van der Waals surface area contributed by atoms with Gasteiger partial charge in [0, 0.05) is 16.6 Å². The summed E-state index contributed by atoms with van der Waals surface area (Å²) in [7, 11) is 0. The van der Waals surface area contributed by atoms with Gasteiger partial charge in [0.2, 0.25) is 0 Å². The van der Waals surface area contributed by atoms with Crippen molar-refractivity contribution in [3.05, 3.63) is 62.8 Å². The lowest BCUT2D eigenvalue weighted by Crippen LogP contribution is -2.08. The fraction of sp³-hybridized carbons (Fsp3) is 0.143. The zero-order chi connectivity index (χ0) is 14.9. The van der Waals surface area contributed by atoms with Gasteiger partial charge < -0.3 is 5.32 Å². The van der Waals surface area contributed by atoms with Gasteiger partial charge in [-0.25, -0.2) is 13.2 Å². The Bertz CT molecular complexity index is 605. The molecule has 0 saturated heterocycles. The lowest BCUT2D eigenvalue weighted by molar-refractivity contribution is 0.577. The number of hydrogen-bond donors (Lipinski definition) is 1. The minimum Gasteiger partial charge on any atom is -0.376 e. The monoisotopic (exact) mass is 363 g/mol. The van der Waals surface area contributed by atoms with Crippen LogP contribution in [0.3, 0.4) is 0 Å². The molecule has 1 unspecified atom stereocenters. The standard InChI is InChI=1S/C14H10BrClF3N/c1-7(8-2-9(17)4-10(18)3-8)20-14-12(15)5-11(19)6-13(14)16/h2-7,20H,1H3. The molecule has 2 rings (SSSR count). The van der Waals surface area contributed by atoms with Gasteiger partial charge in [0.05, 0.1) is 10.7 Å². The van der Waals surface area contributed by atoms with E-state index in [0.717, 1.165) is 12.1 Å². The maximum Gasteiger partial charge on any atom is 0.126 e. The van der Waals surface area contributed by atoms with E-state index < -0.39 is 23.5 Å². The van der Waals surface area contributed by atoms with Gasteiger partial charge in [0.15, 0.2) is 0 Å². The Morgan fingerprint density at radius 1 is 1.00 bits per heavy atom. The zero-order valence-corrected chi connectivity index (χ0v) is 12.7. The fourth-order valence-corrected chi connectivity index (χ4v) is 2.73. The van der Waals surface area contributed by atoms with E-state index >= 15 is 0 Å². The summed E-state index contributed by atoms with van der Waals surface area (Å²) in [4.78, 5) is 0. The number of nitrogens with one attached hydrogen (secondary N) is 1. The Hall–Kier alpha value is -1.20. The Labute approximate surface area is 127 Å². The van der Waals surface area contributed by atoms with Crippen LogP contribution in [0.5, 0.6) is 0 Å². The summed E-state index contributed by atoms with van der Waals surface area (Å²) in [6.07, 6.45) is 0. The van der Waals surface area contributed by atoms with Crippen LogP contribution in [0.15, 0.2) is 34.8 Å². The van der Waals surface area contributed by atoms with Crippen LogP contribution in [-0.2, 0) is 0 Å². The Balaban J connectivity index is 2.30. The second-order valence-corrected chi connectivity index (χ2v) is 5.57. The maximum absolute atomic E-state index is 13.2. The van der Waals surface area contributed by atoms with Gasteiger partial charge >= 0.3 is 0 Å². The van der Waals surface area contributed by atoms with Gasteiger partial charge in [-0.15, -0.1) is 0 Å². The molecule has 0 radical (unpaired) electrons. The van der Waals surface area contributed by atoms with Gasteiger partial charge in [0.25, 0.3) is 0 Å². The van der Waals surface area contributed by atoms with Crippen LogP contribution in [0, 0.1) is 17.5 Å². The first-order chi connectivity index (χ1) is 9.36. The fourth-order valence-electron chi connectivity index (χ4n) is 1.81. The van der Waals surface area contributed by atoms with Crippen molar-refractivity contribution in [3.63, 3.8) is 0 Å². The molecule has 2 aromatic rings. The molecule has 106 valence electrons. The number of halogens is 5. The molecule has 2 aromatic carbocycles. The SMILES string of the molecule is CC(Nc1c(Cl)cc(F)cc1Br)c1cc(F)cc(F)c1. The molecule has 0 bridgehead atoms. The molecular formula is C14H10BrClF3N. The molecule has 20 heavy (non-hydrogen) atoms. The first kappa shape index (κ1) is 15.2. The van der Waals surface area contributed by atoms with Crippen molar-refractivity contribution in [2.24, 2.45) is 0 Å². The highest BCUT2D eigenvalue weighted by molar-refractivity contribution is 9.10. The first-order valence-corrected chi connectivity index (χ1v) is 6.91. The molecule has 6 heteroatoms. The van der Waals surface area contributed by atoms with E-state index in [9.17, 15) is 13.2 Å². The number of anilines is 1. The van der Waals surface area contributed by atoms with E-state index in [1.54, 1.807) is 6.92 Å². The summed E-state index contributed by atoms with van der Waals surface area (Å²) in [6.45, 7) is 1.72. The second-order valence-electron chi connectivity index (χ2n) is 4.31. The van der Waals surface area contributed by atoms with Crippen molar-refractivity contribution < 1.29 is 13.2 Å². The van der Waals surface area contributed by atoms with Crippen molar-refractivity contribution in [1.82, 2.24) is 0 Å². The van der Waals surface area contributed by atoms with Crippen LogP contribution in [0.4, 0.5) is 18.9 Å². The van der Waals surface area contributed by atoms with Gasteiger partial charge in [-0.1, -0.05) is 11.6 Å². The molecule has 0 saturated carbocycles. The third kappa shape index (κ3) is 3.46. The predicted octanol–water partition coefficient (Wildman–Crippen LogP) is 5.69. The molecule has 1 nitrogen and oxygen atoms in total. The van der Waals surface area contributed by atoms with Gasteiger partial charge in [-0.2, -0.15) is 0 Å². The van der Waals surface area contributed by atoms with Crippen molar-refractivity contribution in [3.8, 4) is 0 Å². The van der Waals surface area contributed by atoms with Crippen LogP contribution in [0.25, 0.3) is 0 Å². The molecule has 0 aliphatic heterocycles. The minimum absolute atomic E-state index is 0.181. The maximum atomic E-state index is 13.2. The summed E-state index contributed by atoms with van der Waals surface area (Å²) >= 11 is 9.14. The van der Waals surface area contributed by atoms with E-state index in [2.05, 4.69) is 21.2 Å². The molecule has 0 amide bonds. The molecule has 0 heterocycles. The van der Waals surface area contributed by atoms with Crippen LogP contribution in [0.1, 0.15) is 18.5 Å². The van der Waals surface area contributed by atoms with Crippen LogP contribution < -0.4 is 5.32 Å². The zero-order valence-electron chi connectivity index (χ0n) is 10.4. The highest BCUT2D eigenvalue weighted by Gasteiger charge is 2.13. The molecule has 1 atom stereocenters. The van der Waals surface area contributed by atoms with E-state index in [1.807, 2.05) is 0 Å². The highest BCUT2D eigenvalue weighted by atomic mass is 79.9. The molecule has 0 aliphatic carbocycles. The lowest BCUT2D eigenvalue weighted by atomic mass is 10.1. The van der Waals surface area contributed by atoms with Crippen LogP contribution in [-0.4, -0.2) is 0 Å². The Kier molecular flexibility index (Phi) is 4.60. The van der Waals surface area contributed by atoms with Crippen molar-refractivity contribution in [1.29, 1.82) is 0 Å².